The normalized spacial score (nSPS) is 14.3. The van der Waals surface area contributed by atoms with Crippen LogP contribution in [0.15, 0.2) is 11.5 Å². The lowest BCUT2D eigenvalue weighted by Gasteiger charge is -2.29. The van der Waals surface area contributed by atoms with Gasteiger partial charge in [-0.3, -0.25) is 0 Å². The SMILES string of the molecule is C/C=C/S(=O)(=O)NC(C)(C)C(C)C. The zero-order valence-corrected chi connectivity index (χ0v) is 9.77. The molecule has 0 aliphatic rings. The second-order valence-electron chi connectivity index (χ2n) is 3.99. The van der Waals surface area contributed by atoms with E-state index in [1.165, 1.54) is 11.5 Å². The van der Waals surface area contributed by atoms with Crippen LogP contribution in [-0.2, 0) is 10.0 Å². The van der Waals surface area contributed by atoms with Crippen molar-refractivity contribution in [2.45, 2.75) is 40.2 Å². The van der Waals surface area contributed by atoms with E-state index in [2.05, 4.69) is 4.72 Å². The molecule has 0 aliphatic heterocycles. The van der Waals surface area contributed by atoms with Crippen molar-refractivity contribution in [3.8, 4) is 0 Å². The molecular weight excluding hydrogens is 186 g/mol. The van der Waals surface area contributed by atoms with Crippen molar-refractivity contribution >= 4 is 10.0 Å². The summed E-state index contributed by atoms with van der Waals surface area (Å²) >= 11 is 0. The lowest BCUT2D eigenvalue weighted by Crippen LogP contribution is -2.46. The zero-order chi connectivity index (χ0) is 10.7. The first-order chi connectivity index (χ1) is 5.71. The molecule has 13 heavy (non-hydrogen) atoms. The molecule has 0 aromatic rings. The van der Waals surface area contributed by atoms with Crippen molar-refractivity contribution in [2.24, 2.45) is 5.92 Å². The Balaban J connectivity index is 4.63. The smallest absolute Gasteiger partial charge is 0.208 e. The third-order valence-electron chi connectivity index (χ3n) is 2.16. The summed E-state index contributed by atoms with van der Waals surface area (Å²) in [6, 6.07) is 0. The maximum atomic E-state index is 11.4. The Bertz CT molecular complexity index is 276. The molecule has 0 aliphatic carbocycles. The van der Waals surface area contributed by atoms with Crippen molar-refractivity contribution in [3.63, 3.8) is 0 Å². The summed E-state index contributed by atoms with van der Waals surface area (Å²) in [5.41, 5.74) is -0.404. The predicted octanol–water partition coefficient (Wildman–Crippen LogP) is 1.87. The van der Waals surface area contributed by atoms with Crippen LogP contribution >= 0.6 is 0 Å². The molecule has 0 heterocycles. The zero-order valence-electron chi connectivity index (χ0n) is 8.96. The average Bonchev–Trinajstić information content (AvgIpc) is 1.83. The van der Waals surface area contributed by atoms with E-state index in [0.717, 1.165) is 0 Å². The molecule has 78 valence electrons. The highest BCUT2D eigenvalue weighted by molar-refractivity contribution is 7.92. The first kappa shape index (κ1) is 12.7. The summed E-state index contributed by atoms with van der Waals surface area (Å²) in [4.78, 5) is 0. The van der Waals surface area contributed by atoms with Crippen molar-refractivity contribution < 1.29 is 8.42 Å². The van der Waals surface area contributed by atoms with Crippen LogP contribution in [0.3, 0.4) is 0 Å². The van der Waals surface area contributed by atoms with Gasteiger partial charge in [-0.25, -0.2) is 13.1 Å². The van der Waals surface area contributed by atoms with Crippen molar-refractivity contribution in [1.29, 1.82) is 0 Å². The van der Waals surface area contributed by atoms with Crippen LogP contribution in [0, 0.1) is 5.92 Å². The summed E-state index contributed by atoms with van der Waals surface area (Å²) in [6.07, 6.45) is 1.51. The minimum Gasteiger partial charge on any atom is -0.208 e. The van der Waals surface area contributed by atoms with Gasteiger partial charge in [0.05, 0.1) is 0 Å². The Hall–Kier alpha value is -0.350. The molecule has 0 atom stereocenters. The lowest BCUT2D eigenvalue weighted by molar-refractivity contribution is 0.337. The number of hydrogen-bond acceptors (Lipinski definition) is 2. The highest BCUT2D eigenvalue weighted by Crippen LogP contribution is 2.16. The summed E-state index contributed by atoms with van der Waals surface area (Å²) in [7, 11) is -3.26. The van der Waals surface area contributed by atoms with E-state index in [1.54, 1.807) is 6.92 Å². The fourth-order valence-electron chi connectivity index (χ4n) is 0.698. The van der Waals surface area contributed by atoms with Gasteiger partial charge >= 0.3 is 0 Å². The summed E-state index contributed by atoms with van der Waals surface area (Å²) in [6.45, 7) is 9.40. The third kappa shape index (κ3) is 4.43. The van der Waals surface area contributed by atoms with Gasteiger partial charge in [0.2, 0.25) is 10.0 Å². The molecule has 1 N–H and O–H groups in total. The van der Waals surface area contributed by atoms with Crippen molar-refractivity contribution in [2.75, 3.05) is 0 Å². The number of allylic oxidation sites excluding steroid dienone is 1. The molecular formula is C9H19NO2S. The fraction of sp³-hybridized carbons (Fsp3) is 0.778. The van der Waals surface area contributed by atoms with Gasteiger partial charge in [0.15, 0.2) is 0 Å². The van der Waals surface area contributed by atoms with Crippen LogP contribution in [0.1, 0.15) is 34.6 Å². The van der Waals surface area contributed by atoms with E-state index in [9.17, 15) is 8.42 Å². The standard InChI is InChI=1S/C9H19NO2S/c1-6-7-13(11,12)10-9(4,5)8(2)3/h6-8,10H,1-5H3/b7-6+. The van der Waals surface area contributed by atoms with E-state index < -0.39 is 15.6 Å². The molecule has 0 radical (unpaired) electrons. The van der Waals surface area contributed by atoms with Crippen molar-refractivity contribution in [1.82, 2.24) is 4.72 Å². The quantitative estimate of drug-likeness (QED) is 0.761. The molecule has 3 nitrogen and oxygen atoms in total. The molecule has 0 saturated carbocycles. The Morgan fingerprint density at radius 3 is 2.08 bits per heavy atom. The molecule has 0 fully saturated rings. The first-order valence-corrected chi connectivity index (χ1v) is 5.92. The highest BCUT2D eigenvalue weighted by Gasteiger charge is 2.26. The molecule has 0 amide bonds. The second-order valence-corrected chi connectivity index (χ2v) is 5.56. The molecule has 0 aromatic heterocycles. The van der Waals surface area contributed by atoms with Crippen LogP contribution in [0.5, 0.6) is 0 Å². The van der Waals surface area contributed by atoms with E-state index in [1.807, 2.05) is 27.7 Å². The van der Waals surface area contributed by atoms with Gasteiger partial charge < -0.3 is 0 Å². The average molecular weight is 205 g/mol. The minimum absolute atomic E-state index is 0.257. The summed E-state index contributed by atoms with van der Waals surface area (Å²) in [5, 5.41) is 1.18. The van der Waals surface area contributed by atoms with Crippen LogP contribution in [0.25, 0.3) is 0 Å². The van der Waals surface area contributed by atoms with Gasteiger partial charge in [-0.05, 0) is 26.7 Å². The van der Waals surface area contributed by atoms with Gasteiger partial charge in [0, 0.05) is 10.9 Å². The van der Waals surface area contributed by atoms with Crippen LogP contribution in [0.4, 0.5) is 0 Å². The Morgan fingerprint density at radius 1 is 1.31 bits per heavy atom. The maximum Gasteiger partial charge on any atom is 0.233 e. The van der Waals surface area contributed by atoms with E-state index in [-0.39, 0.29) is 5.92 Å². The van der Waals surface area contributed by atoms with Gasteiger partial charge in [-0.2, -0.15) is 0 Å². The number of hydrogen-bond donors (Lipinski definition) is 1. The Labute approximate surface area is 81.3 Å². The monoisotopic (exact) mass is 205 g/mol. The second kappa shape index (κ2) is 4.24. The lowest BCUT2D eigenvalue weighted by atomic mass is 9.92. The molecule has 4 heteroatoms. The topological polar surface area (TPSA) is 46.2 Å². The molecule has 0 spiro atoms. The van der Waals surface area contributed by atoms with Gasteiger partial charge in [-0.1, -0.05) is 19.9 Å². The largest absolute Gasteiger partial charge is 0.233 e. The first-order valence-electron chi connectivity index (χ1n) is 4.38. The molecule has 0 unspecified atom stereocenters. The predicted molar refractivity (Wildman–Crippen MR) is 55.8 cm³/mol. The van der Waals surface area contributed by atoms with Gasteiger partial charge in [0.1, 0.15) is 0 Å². The number of rotatable bonds is 4. The van der Waals surface area contributed by atoms with Crippen molar-refractivity contribution in [3.05, 3.63) is 11.5 Å². The molecule has 0 saturated heterocycles. The summed E-state index contributed by atoms with van der Waals surface area (Å²) in [5.74, 6) is 0.257. The van der Waals surface area contributed by atoms with Crippen LogP contribution < -0.4 is 4.72 Å². The molecule has 0 aromatic carbocycles. The molecule has 0 rings (SSSR count). The van der Waals surface area contributed by atoms with Gasteiger partial charge in [0.25, 0.3) is 0 Å². The van der Waals surface area contributed by atoms with E-state index in [4.69, 9.17) is 0 Å². The number of nitrogens with one attached hydrogen (secondary N) is 1. The third-order valence-corrected chi connectivity index (χ3v) is 3.61. The van der Waals surface area contributed by atoms with Gasteiger partial charge in [-0.15, -0.1) is 0 Å². The van der Waals surface area contributed by atoms with Crippen LogP contribution in [-0.4, -0.2) is 14.0 Å². The van der Waals surface area contributed by atoms with Crippen LogP contribution in [0.2, 0.25) is 0 Å². The maximum absolute atomic E-state index is 11.4. The highest BCUT2D eigenvalue weighted by atomic mass is 32.2. The molecule has 0 bridgehead atoms. The summed E-state index contributed by atoms with van der Waals surface area (Å²) < 4.78 is 25.3. The fourth-order valence-corrected chi connectivity index (χ4v) is 2.09. The Morgan fingerprint density at radius 2 is 1.77 bits per heavy atom. The minimum atomic E-state index is -3.26. The van der Waals surface area contributed by atoms with E-state index in [0.29, 0.717) is 0 Å². The Kier molecular flexibility index (Phi) is 4.13. The number of sulfonamides is 1. The van der Waals surface area contributed by atoms with E-state index >= 15 is 0 Å².